The van der Waals surface area contributed by atoms with E-state index in [0.717, 1.165) is 15.9 Å². The number of thiazole rings is 1. The second-order valence-electron chi connectivity index (χ2n) is 5.98. The number of nitrogens with one attached hydrogen (secondary N) is 1. The Morgan fingerprint density at radius 3 is 2.70 bits per heavy atom. The van der Waals surface area contributed by atoms with Gasteiger partial charge in [0.15, 0.2) is 5.17 Å². The highest BCUT2D eigenvalue weighted by Gasteiger charge is 2.37. The van der Waals surface area contributed by atoms with Crippen LogP contribution < -0.4 is 5.32 Å². The first-order chi connectivity index (χ1) is 13.1. The summed E-state index contributed by atoms with van der Waals surface area (Å²) in [7, 11) is 1.68. The minimum absolute atomic E-state index is 0.0988. The van der Waals surface area contributed by atoms with Gasteiger partial charge in [-0.3, -0.25) is 14.5 Å². The SMILES string of the molecule is CN1C(=O)C(CC(=O)Nc2ccccc2)S/C1=N\c1nc2ccccc2s1. The highest BCUT2D eigenvalue weighted by atomic mass is 32.2. The van der Waals surface area contributed by atoms with Crippen molar-refractivity contribution in [1.29, 1.82) is 0 Å². The van der Waals surface area contributed by atoms with Crippen LogP contribution in [0.15, 0.2) is 59.6 Å². The standard InChI is InChI=1S/C19H16N4O2S2/c1-23-17(25)15(11-16(24)20-12-7-3-2-4-8-12)27-19(23)22-18-21-13-9-5-6-10-14(13)26-18/h2-10,15H,11H2,1H3,(H,20,24)/b22-19-. The van der Waals surface area contributed by atoms with Crippen molar-refractivity contribution >= 4 is 61.1 Å². The van der Waals surface area contributed by atoms with Crippen LogP contribution in [-0.4, -0.2) is 39.2 Å². The molecular formula is C19H16N4O2S2. The van der Waals surface area contributed by atoms with Crippen LogP contribution in [0.2, 0.25) is 0 Å². The van der Waals surface area contributed by atoms with E-state index in [1.54, 1.807) is 7.05 Å². The highest BCUT2D eigenvalue weighted by Crippen LogP contribution is 2.33. The van der Waals surface area contributed by atoms with E-state index in [9.17, 15) is 9.59 Å². The maximum atomic E-state index is 12.5. The van der Waals surface area contributed by atoms with Crippen molar-refractivity contribution in [1.82, 2.24) is 9.88 Å². The normalized spacial score (nSPS) is 18.4. The number of nitrogens with zero attached hydrogens (tertiary/aromatic N) is 3. The monoisotopic (exact) mass is 396 g/mol. The topological polar surface area (TPSA) is 74.7 Å². The number of aromatic nitrogens is 1. The fourth-order valence-corrected chi connectivity index (χ4v) is 4.72. The average Bonchev–Trinajstić information content (AvgIpc) is 3.19. The summed E-state index contributed by atoms with van der Waals surface area (Å²) in [6.07, 6.45) is 0.0988. The second kappa shape index (κ2) is 7.50. The van der Waals surface area contributed by atoms with Gasteiger partial charge in [-0.2, -0.15) is 4.99 Å². The Kier molecular flexibility index (Phi) is 4.91. The van der Waals surface area contributed by atoms with Gasteiger partial charge >= 0.3 is 0 Å². The molecule has 1 atom stereocenters. The molecule has 136 valence electrons. The number of benzene rings is 2. The van der Waals surface area contributed by atoms with Crippen LogP contribution in [0.5, 0.6) is 0 Å². The summed E-state index contributed by atoms with van der Waals surface area (Å²) in [5.41, 5.74) is 1.60. The fourth-order valence-electron chi connectivity index (χ4n) is 2.69. The number of rotatable bonds is 4. The first kappa shape index (κ1) is 17.7. The number of hydrogen-bond acceptors (Lipinski definition) is 6. The summed E-state index contributed by atoms with van der Waals surface area (Å²) < 4.78 is 1.05. The molecule has 2 heterocycles. The number of aliphatic imine (C=N–C) groups is 1. The minimum Gasteiger partial charge on any atom is -0.326 e. The zero-order valence-electron chi connectivity index (χ0n) is 14.5. The number of amides is 2. The molecule has 0 saturated carbocycles. The molecule has 0 spiro atoms. The van der Waals surface area contributed by atoms with E-state index in [4.69, 9.17) is 0 Å². The minimum atomic E-state index is -0.480. The zero-order valence-corrected chi connectivity index (χ0v) is 16.1. The molecule has 3 aromatic rings. The fraction of sp³-hybridized carbons (Fsp3) is 0.158. The molecule has 1 aliphatic heterocycles. The molecule has 0 radical (unpaired) electrons. The number of carbonyl (C=O) groups is 2. The lowest BCUT2D eigenvalue weighted by Crippen LogP contribution is -2.30. The molecule has 1 unspecified atom stereocenters. The second-order valence-corrected chi connectivity index (χ2v) is 8.16. The molecule has 1 aliphatic rings. The van der Waals surface area contributed by atoms with Crippen LogP contribution in [0.25, 0.3) is 10.2 Å². The van der Waals surface area contributed by atoms with Gasteiger partial charge in [-0.25, -0.2) is 4.98 Å². The van der Waals surface area contributed by atoms with Crippen molar-refractivity contribution in [3.63, 3.8) is 0 Å². The predicted molar refractivity (Wildman–Crippen MR) is 111 cm³/mol. The van der Waals surface area contributed by atoms with Gasteiger partial charge in [-0.05, 0) is 24.3 Å². The van der Waals surface area contributed by atoms with Gasteiger partial charge in [0.2, 0.25) is 16.9 Å². The summed E-state index contributed by atoms with van der Waals surface area (Å²) in [6, 6.07) is 17.0. The van der Waals surface area contributed by atoms with Crippen molar-refractivity contribution < 1.29 is 9.59 Å². The van der Waals surface area contributed by atoms with Gasteiger partial charge < -0.3 is 5.32 Å². The molecule has 1 fully saturated rings. The van der Waals surface area contributed by atoms with Gasteiger partial charge in [0, 0.05) is 19.2 Å². The lowest BCUT2D eigenvalue weighted by molar-refractivity contribution is -0.127. The van der Waals surface area contributed by atoms with Crippen LogP contribution in [0.3, 0.4) is 0 Å². The van der Waals surface area contributed by atoms with Gasteiger partial charge in [-0.1, -0.05) is 53.4 Å². The Hall–Kier alpha value is -2.71. The van der Waals surface area contributed by atoms with Crippen LogP contribution in [0.4, 0.5) is 10.8 Å². The number of hydrogen-bond donors (Lipinski definition) is 1. The van der Waals surface area contributed by atoms with Crippen molar-refractivity contribution in [2.24, 2.45) is 4.99 Å². The third kappa shape index (κ3) is 3.86. The van der Waals surface area contributed by atoms with Gasteiger partial charge in [0.05, 0.1) is 10.2 Å². The number of anilines is 1. The number of carbonyl (C=O) groups excluding carboxylic acids is 2. The predicted octanol–water partition coefficient (Wildman–Crippen LogP) is 3.89. The van der Waals surface area contributed by atoms with Gasteiger partial charge in [0.1, 0.15) is 5.25 Å². The Labute approximate surface area is 164 Å². The molecule has 2 aromatic carbocycles. The van der Waals surface area contributed by atoms with E-state index >= 15 is 0 Å². The quantitative estimate of drug-likeness (QED) is 0.726. The summed E-state index contributed by atoms with van der Waals surface area (Å²) in [6.45, 7) is 0. The number of fused-ring (bicyclic) bond motifs is 1. The smallest absolute Gasteiger partial charge is 0.242 e. The lowest BCUT2D eigenvalue weighted by Gasteiger charge is -2.09. The maximum absolute atomic E-state index is 12.5. The Morgan fingerprint density at radius 2 is 1.93 bits per heavy atom. The Bertz CT molecular complexity index is 999. The van der Waals surface area contributed by atoms with E-state index in [1.165, 1.54) is 28.0 Å². The van der Waals surface area contributed by atoms with E-state index < -0.39 is 5.25 Å². The number of para-hydroxylation sites is 2. The first-order valence-corrected chi connectivity index (χ1v) is 10.0. The molecule has 8 heteroatoms. The molecule has 1 aromatic heterocycles. The van der Waals surface area contributed by atoms with E-state index in [1.807, 2.05) is 54.6 Å². The molecule has 27 heavy (non-hydrogen) atoms. The van der Waals surface area contributed by atoms with Crippen LogP contribution in [-0.2, 0) is 9.59 Å². The highest BCUT2D eigenvalue weighted by molar-refractivity contribution is 8.15. The number of amidine groups is 1. The summed E-state index contributed by atoms with van der Waals surface area (Å²) in [4.78, 5) is 35.3. The summed E-state index contributed by atoms with van der Waals surface area (Å²) in [5.74, 6) is -0.315. The molecule has 1 saturated heterocycles. The van der Waals surface area contributed by atoms with E-state index in [-0.39, 0.29) is 18.2 Å². The first-order valence-electron chi connectivity index (χ1n) is 8.33. The van der Waals surface area contributed by atoms with Crippen LogP contribution in [0, 0.1) is 0 Å². The van der Waals surface area contributed by atoms with Crippen molar-refractivity contribution in [2.75, 3.05) is 12.4 Å². The zero-order chi connectivity index (χ0) is 18.8. The maximum Gasteiger partial charge on any atom is 0.242 e. The van der Waals surface area contributed by atoms with Crippen molar-refractivity contribution in [2.45, 2.75) is 11.7 Å². The van der Waals surface area contributed by atoms with Crippen LogP contribution >= 0.6 is 23.1 Å². The largest absolute Gasteiger partial charge is 0.326 e. The summed E-state index contributed by atoms with van der Waals surface area (Å²) >= 11 is 2.78. The van der Waals surface area contributed by atoms with Crippen LogP contribution in [0.1, 0.15) is 6.42 Å². The molecule has 4 rings (SSSR count). The molecule has 1 N–H and O–H groups in total. The third-order valence-electron chi connectivity index (χ3n) is 4.04. The van der Waals surface area contributed by atoms with E-state index in [0.29, 0.717) is 10.3 Å². The summed E-state index contributed by atoms with van der Waals surface area (Å²) in [5, 5.41) is 3.50. The lowest BCUT2D eigenvalue weighted by atomic mass is 10.2. The molecular weight excluding hydrogens is 380 g/mol. The molecule has 0 aliphatic carbocycles. The molecule has 6 nitrogen and oxygen atoms in total. The van der Waals surface area contributed by atoms with E-state index in [2.05, 4.69) is 15.3 Å². The molecule has 0 bridgehead atoms. The van der Waals surface area contributed by atoms with Gasteiger partial charge in [-0.15, -0.1) is 0 Å². The van der Waals surface area contributed by atoms with Gasteiger partial charge in [0.25, 0.3) is 0 Å². The Morgan fingerprint density at radius 1 is 1.19 bits per heavy atom. The Balaban J connectivity index is 1.47. The van der Waals surface area contributed by atoms with Crippen molar-refractivity contribution in [3.8, 4) is 0 Å². The molecule has 2 amide bonds. The van der Waals surface area contributed by atoms with Crippen molar-refractivity contribution in [3.05, 3.63) is 54.6 Å². The average molecular weight is 396 g/mol. The third-order valence-corrected chi connectivity index (χ3v) is 6.20. The number of thioether (sulfide) groups is 1.